The van der Waals surface area contributed by atoms with Crippen molar-refractivity contribution in [2.45, 2.75) is 52.0 Å². The lowest BCUT2D eigenvalue weighted by Gasteiger charge is -2.34. The summed E-state index contributed by atoms with van der Waals surface area (Å²) in [6.45, 7) is 6.40. The van der Waals surface area contributed by atoms with Gasteiger partial charge in [-0.1, -0.05) is 6.42 Å². The molecule has 3 heteroatoms. The summed E-state index contributed by atoms with van der Waals surface area (Å²) in [4.78, 5) is 2.39. The zero-order valence-corrected chi connectivity index (χ0v) is 10.6. The molecule has 1 saturated heterocycles. The van der Waals surface area contributed by atoms with Gasteiger partial charge in [0.15, 0.2) is 0 Å². The number of hydrogen-bond donors (Lipinski definition) is 1. The molecular weight excluding hydrogens is 200 g/mol. The van der Waals surface area contributed by atoms with E-state index in [0.717, 1.165) is 32.4 Å². The molecule has 3 nitrogen and oxygen atoms in total. The van der Waals surface area contributed by atoms with Crippen LogP contribution in [0.5, 0.6) is 0 Å². The highest BCUT2D eigenvalue weighted by Gasteiger charge is 2.22. The van der Waals surface area contributed by atoms with Crippen molar-refractivity contribution in [3.05, 3.63) is 0 Å². The van der Waals surface area contributed by atoms with Crippen molar-refractivity contribution in [2.75, 3.05) is 19.7 Å². The third-order valence-electron chi connectivity index (χ3n) is 3.51. The van der Waals surface area contributed by atoms with Crippen LogP contribution in [0.2, 0.25) is 0 Å². The van der Waals surface area contributed by atoms with Crippen LogP contribution >= 0.6 is 0 Å². The van der Waals surface area contributed by atoms with Gasteiger partial charge in [0.25, 0.3) is 0 Å². The van der Waals surface area contributed by atoms with E-state index < -0.39 is 0 Å². The third kappa shape index (κ3) is 4.11. The molecule has 0 radical (unpaired) electrons. The van der Waals surface area contributed by atoms with Crippen LogP contribution in [-0.4, -0.2) is 35.7 Å². The second-order valence-electron chi connectivity index (χ2n) is 5.47. The van der Waals surface area contributed by atoms with Crippen molar-refractivity contribution in [3.8, 4) is 6.07 Å². The maximum Gasteiger partial charge on any atom is 0.0683 e. The first kappa shape index (κ1) is 13.5. The first-order valence-electron chi connectivity index (χ1n) is 6.35. The molecule has 0 aromatic heterocycles. The van der Waals surface area contributed by atoms with Gasteiger partial charge in [-0.3, -0.25) is 4.90 Å². The van der Waals surface area contributed by atoms with Gasteiger partial charge >= 0.3 is 0 Å². The van der Waals surface area contributed by atoms with Crippen molar-refractivity contribution < 1.29 is 5.11 Å². The van der Waals surface area contributed by atoms with Gasteiger partial charge < -0.3 is 5.11 Å². The van der Waals surface area contributed by atoms with Crippen molar-refractivity contribution in [1.29, 1.82) is 5.26 Å². The Kier molecular flexibility index (Phi) is 5.24. The highest BCUT2D eigenvalue weighted by atomic mass is 16.3. The summed E-state index contributed by atoms with van der Waals surface area (Å²) >= 11 is 0. The summed E-state index contributed by atoms with van der Waals surface area (Å²) in [5, 5.41) is 18.2. The summed E-state index contributed by atoms with van der Waals surface area (Å²) in [7, 11) is 0. The Bertz CT molecular complexity index is 245. The summed E-state index contributed by atoms with van der Waals surface area (Å²) in [5.41, 5.74) is -0.204. The molecule has 0 saturated carbocycles. The molecule has 1 rings (SSSR count). The molecule has 0 bridgehead atoms. The zero-order valence-electron chi connectivity index (χ0n) is 10.6. The molecule has 0 amide bonds. The molecule has 1 N–H and O–H groups in total. The van der Waals surface area contributed by atoms with Crippen molar-refractivity contribution in [3.63, 3.8) is 0 Å². The predicted octanol–water partition coefficient (Wildman–Crippen LogP) is 2.16. The molecule has 0 aromatic carbocycles. The molecule has 1 heterocycles. The average Bonchev–Trinajstić information content (AvgIpc) is 2.29. The number of likely N-dealkylation sites (tertiary alicyclic amines) is 1. The summed E-state index contributed by atoms with van der Waals surface area (Å²) in [6.07, 6.45) is 5.61. The SMILES string of the molecule is CC(C)(C#N)CCCN1CCCCC1CO. The molecule has 1 fully saturated rings. The van der Waals surface area contributed by atoms with E-state index in [1.807, 2.05) is 13.8 Å². The van der Waals surface area contributed by atoms with Gasteiger partial charge in [0, 0.05) is 6.04 Å². The topological polar surface area (TPSA) is 47.3 Å². The second-order valence-corrected chi connectivity index (χ2v) is 5.47. The summed E-state index contributed by atoms with van der Waals surface area (Å²) < 4.78 is 0. The molecule has 1 aliphatic heterocycles. The minimum atomic E-state index is -0.204. The monoisotopic (exact) mass is 224 g/mol. The average molecular weight is 224 g/mol. The Balaban J connectivity index is 2.28. The Labute approximate surface area is 99.1 Å². The maximum absolute atomic E-state index is 9.27. The Morgan fingerprint density at radius 3 is 2.81 bits per heavy atom. The normalized spacial score (nSPS) is 23.0. The van der Waals surface area contributed by atoms with Crippen molar-refractivity contribution >= 4 is 0 Å². The lowest BCUT2D eigenvalue weighted by atomic mass is 9.89. The van der Waals surface area contributed by atoms with E-state index in [2.05, 4.69) is 11.0 Å². The Morgan fingerprint density at radius 1 is 1.44 bits per heavy atom. The van der Waals surface area contributed by atoms with Crippen LogP contribution in [0.4, 0.5) is 0 Å². The zero-order chi connectivity index (χ0) is 12.0. The van der Waals surface area contributed by atoms with Crippen LogP contribution in [0, 0.1) is 16.7 Å². The fraction of sp³-hybridized carbons (Fsp3) is 0.923. The van der Waals surface area contributed by atoms with E-state index in [1.54, 1.807) is 0 Å². The van der Waals surface area contributed by atoms with E-state index >= 15 is 0 Å². The first-order valence-corrected chi connectivity index (χ1v) is 6.35. The lowest BCUT2D eigenvalue weighted by Crippen LogP contribution is -2.42. The number of nitriles is 1. The minimum Gasteiger partial charge on any atom is -0.395 e. The van der Waals surface area contributed by atoms with Gasteiger partial charge in [0.05, 0.1) is 18.1 Å². The molecule has 16 heavy (non-hydrogen) atoms. The smallest absolute Gasteiger partial charge is 0.0683 e. The number of piperidine rings is 1. The molecule has 1 aliphatic rings. The van der Waals surface area contributed by atoms with Gasteiger partial charge in [-0.2, -0.15) is 5.26 Å². The number of aliphatic hydroxyl groups is 1. The van der Waals surface area contributed by atoms with Gasteiger partial charge in [0.1, 0.15) is 0 Å². The number of aliphatic hydroxyl groups excluding tert-OH is 1. The maximum atomic E-state index is 9.27. The third-order valence-corrected chi connectivity index (χ3v) is 3.51. The largest absolute Gasteiger partial charge is 0.395 e. The molecule has 0 aromatic rings. The van der Waals surface area contributed by atoms with E-state index in [0.29, 0.717) is 6.04 Å². The highest BCUT2D eigenvalue weighted by molar-refractivity contribution is 4.91. The van der Waals surface area contributed by atoms with Crippen LogP contribution < -0.4 is 0 Å². The highest BCUT2D eigenvalue weighted by Crippen LogP contribution is 2.22. The number of nitrogens with zero attached hydrogens (tertiary/aromatic N) is 2. The minimum absolute atomic E-state index is 0.204. The van der Waals surface area contributed by atoms with Crippen LogP contribution in [0.15, 0.2) is 0 Å². The van der Waals surface area contributed by atoms with Crippen molar-refractivity contribution in [1.82, 2.24) is 4.90 Å². The van der Waals surface area contributed by atoms with E-state index in [9.17, 15) is 5.11 Å². The molecule has 92 valence electrons. The number of hydrogen-bond acceptors (Lipinski definition) is 3. The van der Waals surface area contributed by atoms with E-state index in [1.165, 1.54) is 12.8 Å². The summed E-state index contributed by atoms with van der Waals surface area (Å²) in [5.74, 6) is 0. The first-order chi connectivity index (χ1) is 7.59. The van der Waals surface area contributed by atoms with Gasteiger partial charge in [-0.25, -0.2) is 0 Å². The van der Waals surface area contributed by atoms with Gasteiger partial charge in [-0.15, -0.1) is 0 Å². The van der Waals surface area contributed by atoms with E-state index in [-0.39, 0.29) is 12.0 Å². The molecule has 0 aliphatic carbocycles. The second kappa shape index (κ2) is 6.22. The Morgan fingerprint density at radius 2 is 2.19 bits per heavy atom. The van der Waals surface area contributed by atoms with Crippen LogP contribution in [0.25, 0.3) is 0 Å². The molecule has 0 spiro atoms. The van der Waals surface area contributed by atoms with Gasteiger partial charge in [0.2, 0.25) is 0 Å². The molecule has 1 unspecified atom stereocenters. The van der Waals surface area contributed by atoms with E-state index in [4.69, 9.17) is 5.26 Å². The molecule has 1 atom stereocenters. The van der Waals surface area contributed by atoms with Gasteiger partial charge in [-0.05, 0) is 52.6 Å². The summed E-state index contributed by atoms with van der Waals surface area (Å²) in [6, 6.07) is 2.70. The standard InChI is InChI=1S/C13H24N2O/c1-13(2,11-14)7-5-9-15-8-4-3-6-12(15)10-16/h12,16H,3-10H2,1-2H3. The fourth-order valence-corrected chi connectivity index (χ4v) is 2.34. The number of rotatable bonds is 5. The van der Waals surface area contributed by atoms with Crippen LogP contribution in [0.1, 0.15) is 46.0 Å². The lowest BCUT2D eigenvalue weighted by molar-refractivity contribution is 0.0870. The van der Waals surface area contributed by atoms with Crippen LogP contribution in [0.3, 0.4) is 0 Å². The molecular formula is C13H24N2O. The quantitative estimate of drug-likeness (QED) is 0.778. The predicted molar refractivity (Wildman–Crippen MR) is 64.9 cm³/mol. The van der Waals surface area contributed by atoms with Crippen molar-refractivity contribution in [2.24, 2.45) is 5.41 Å². The van der Waals surface area contributed by atoms with Crippen LogP contribution in [-0.2, 0) is 0 Å². The fourth-order valence-electron chi connectivity index (χ4n) is 2.34. The Hall–Kier alpha value is -0.590.